The highest BCUT2D eigenvalue weighted by atomic mass is 32.2. The van der Waals surface area contributed by atoms with Crippen LogP contribution in [0.5, 0.6) is 5.75 Å². The molecule has 0 amide bonds. The van der Waals surface area contributed by atoms with Gasteiger partial charge < -0.3 is 10.1 Å². The van der Waals surface area contributed by atoms with Crippen LogP contribution in [0.25, 0.3) is 0 Å². The summed E-state index contributed by atoms with van der Waals surface area (Å²) < 4.78 is 32.9. The van der Waals surface area contributed by atoms with Gasteiger partial charge in [-0.05, 0) is 74.4 Å². The fraction of sp³-hybridized carbons (Fsp3) is 0.190. The van der Waals surface area contributed by atoms with E-state index in [-0.39, 0.29) is 4.90 Å². The third kappa shape index (κ3) is 4.80. The zero-order valence-electron chi connectivity index (χ0n) is 16.1. The number of anilines is 3. The number of pyridine rings is 1. The summed E-state index contributed by atoms with van der Waals surface area (Å²) in [4.78, 5) is 4.46. The van der Waals surface area contributed by atoms with Crippen LogP contribution < -0.4 is 14.8 Å². The maximum Gasteiger partial charge on any atom is 0.261 e. The Morgan fingerprint density at radius 2 is 1.75 bits per heavy atom. The molecule has 7 heteroatoms. The van der Waals surface area contributed by atoms with Crippen LogP contribution in [-0.4, -0.2) is 20.0 Å². The lowest BCUT2D eigenvalue weighted by Gasteiger charge is -2.11. The lowest BCUT2D eigenvalue weighted by molar-refractivity contribution is 0.340. The lowest BCUT2D eigenvalue weighted by atomic mass is 10.1. The summed E-state index contributed by atoms with van der Waals surface area (Å²) in [5.74, 6) is 1.27. The molecule has 3 rings (SSSR count). The molecule has 28 heavy (non-hydrogen) atoms. The van der Waals surface area contributed by atoms with E-state index >= 15 is 0 Å². The number of nitrogens with zero attached hydrogens (tertiary/aromatic N) is 1. The first-order chi connectivity index (χ1) is 13.4. The van der Waals surface area contributed by atoms with Gasteiger partial charge in [-0.2, -0.15) is 0 Å². The summed E-state index contributed by atoms with van der Waals surface area (Å²) in [6.45, 7) is 6.44. The molecule has 0 aliphatic carbocycles. The van der Waals surface area contributed by atoms with Gasteiger partial charge >= 0.3 is 0 Å². The molecule has 0 spiro atoms. The summed E-state index contributed by atoms with van der Waals surface area (Å²) in [7, 11) is -3.70. The van der Waals surface area contributed by atoms with Crippen molar-refractivity contribution in [2.45, 2.75) is 25.7 Å². The van der Waals surface area contributed by atoms with E-state index in [0.717, 1.165) is 16.8 Å². The van der Waals surface area contributed by atoms with Gasteiger partial charge in [-0.1, -0.05) is 12.1 Å². The minimum Gasteiger partial charge on any atom is -0.494 e. The molecule has 0 aliphatic heterocycles. The molecule has 1 aromatic heterocycles. The second-order valence-corrected chi connectivity index (χ2v) is 8.07. The third-order valence-corrected chi connectivity index (χ3v) is 5.51. The van der Waals surface area contributed by atoms with E-state index in [0.29, 0.717) is 23.9 Å². The number of nitrogens with one attached hydrogen (secondary N) is 2. The molecule has 0 unspecified atom stereocenters. The van der Waals surface area contributed by atoms with E-state index in [1.807, 2.05) is 39.0 Å². The molecule has 0 atom stereocenters. The van der Waals surface area contributed by atoms with Crippen LogP contribution in [0.3, 0.4) is 0 Å². The number of hydrogen-bond acceptors (Lipinski definition) is 5. The van der Waals surface area contributed by atoms with Gasteiger partial charge in [0.15, 0.2) is 0 Å². The number of sulfonamides is 1. The van der Waals surface area contributed by atoms with Crippen molar-refractivity contribution in [3.05, 3.63) is 71.9 Å². The summed E-state index contributed by atoms with van der Waals surface area (Å²) in [6, 6.07) is 15.8. The van der Waals surface area contributed by atoms with Crippen molar-refractivity contribution in [1.82, 2.24) is 4.98 Å². The molecule has 0 aliphatic rings. The standard InChI is InChI=1S/C21H23N3O3S/c1-4-27-18-8-10-19(11-9-18)28(25,26)24-17-7-12-21(22-14-17)23-20-13-15(2)5-6-16(20)3/h5-14,24H,4H2,1-3H3,(H,22,23). The average molecular weight is 398 g/mol. The number of rotatable bonds is 7. The Morgan fingerprint density at radius 1 is 1.00 bits per heavy atom. The minimum absolute atomic E-state index is 0.161. The smallest absolute Gasteiger partial charge is 0.261 e. The summed E-state index contributed by atoms with van der Waals surface area (Å²) >= 11 is 0. The quantitative estimate of drug-likeness (QED) is 0.607. The van der Waals surface area contributed by atoms with Gasteiger partial charge in [0.05, 0.1) is 23.4 Å². The first-order valence-corrected chi connectivity index (χ1v) is 10.4. The Hall–Kier alpha value is -3.06. The van der Waals surface area contributed by atoms with Gasteiger partial charge in [0, 0.05) is 5.69 Å². The van der Waals surface area contributed by atoms with E-state index in [1.165, 1.54) is 18.3 Å². The molecule has 0 saturated carbocycles. The largest absolute Gasteiger partial charge is 0.494 e. The number of aryl methyl sites for hydroxylation is 2. The molecule has 0 bridgehead atoms. The zero-order chi connectivity index (χ0) is 20.1. The van der Waals surface area contributed by atoms with Gasteiger partial charge in [-0.15, -0.1) is 0 Å². The van der Waals surface area contributed by atoms with Crippen LogP contribution in [0.15, 0.2) is 65.7 Å². The van der Waals surface area contributed by atoms with Crippen molar-refractivity contribution in [3.63, 3.8) is 0 Å². The van der Waals surface area contributed by atoms with Crippen LogP contribution in [-0.2, 0) is 10.0 Å². The molecule has 0 fully saturated rings. The SMILES string of the molecule is CCOc1ccc(S(=O)(=O)Nc2ccc(Nc3cc(C)ccc3C)nc2)cc1. The Kier molecular flexibility index (Phi) is 5.84. The molecule has 1 heterocycles. The van der Waals surface area contributed by atoms with E-state index in [1.54, 1.807) is 24.3 Å². The van der Waals surface area contributed by atoms with Crippen molar-refractivity contribution in [2.75, 3.05) is 16.6 Å². The fourth-order valence-corrected chi connectivity index (χ4v) is 3.68. The van der Waals surface area contributed by atoms with Crippen molar-refractivity contribution in [1.29, 1.82) is 0 Å². The van der Waals surface area contributed by atoms with Gasteiger partial charge in [0.1, 0.15) is 11.6 Å². The maximum atomic E-state index is 12.5. The number of aromatic nitrogens is 1. The van der Waals surface area contributed by atoms with E-state index in [4.69, 9.17) is 4.74 Å². The Morgan fingerprint density at radius 3 is 2.39 bits per heavy atom. The van der Waals surface area contributed by atoms with E-state index < -0.39 is 10.0 Å². The molecule has 0 radical (unpaired) electrons. The molecule has 2 aromatic carbocycles. The van der Waals surface area contributed by atoms with Gasteiger partial charge in [0.25, 0.3) is 10.0 Å². The van der Waals surface area contributed by atoms with E-state index in [2.05, 4.69) is 15.0 Å². The third-order valence-electron chi connectivity index (χ3n) is 4.12. The summed E-state index contributed by atoms with van der Waals surface area (Å²) in [6.07, 6.45) is 1.49. The molecule has 0 saturated heterocycles. The van der Waals surface area contributed by atoms with Crippen LogP contribution in [0.1, 0.15) is 18.1 Å². The number of hydrogen-bond donors (Lipinski definition) is 2. The van der Waals surface area contributed by atoms with Crippen molar-refractivity contribution < 1.29 is 13.2 Å². The van der Waals surface area contributed by atoms with Gasteiger partial charge in [0.2, 0.25) is 0 Å². The molecule has 2 N–H and O–H groups in total. The second kappa shape index (κ2) is 8.31. The minimum atomic E-state index is -3.70. The Labute approximate surface area is 165 Å². The first kappa shape index (κ1) is 19.7. The molecular weight excluding hydrogens is 374 g/mol. The first-order valence-electron chi connectivity index (χ1n) is 8.93. The van der Waals surface area contributed by atoms with Gasteiger partial charge in [-0.25, -0.2) is 13.4 Å². The highest BCUT2D eigenvalue weighted by molar-refractivity contribution is 7.92. The van der Waals surface area contributed by atoms with E-state index in [9.17, 15) is 8.42 Å². The molecule has 3 aromatic rings. The normalized spacial score (nSPS) is 11.1. The highest BCUT2D eigenvalue weighted by Crippen LogP contribution is 2.23. The van der Waals surface area contributed by atoms with Crippen LogP contribution in [0, 0.1) is 13.8 Å². The Balaban J connectivity index is 1.71. The zero-order valence-corrected chi connectivity index (χ0v) is 16.9. The average Bonchev–Trinajstić information content (AvgIpc) is 2.67. The molecule has 6 nitrogen and oxygen atoms in total. The van der Waals surface area contributed by atoms with Crippen molar-refractivity contribution in [2.24, 2.45) is 0 Å². The summed E-state index contributed by atoms with van der Waals surface area (Å²) in [5, 5.41) is 3.25. The van der Waals surface area contributed by atoms with Crippen LogP contribution >= 0.6 is 0 Å². The van der Waals surface area contributed by atoms with Crippen LogP contribution in [0.4, 0.5) is 17.2 Å². The lowest BCUT2D eigenvalue weighted by Crippen LogP contribution is -2.13. The maximum absolute atomic E-state index is 12.5. The molecular formula is C21H23N3O3S. The summed E-state index contributed by atoms with van der Waals surface area (Å²) in [5.41, 5.74) is 3.61. The number of benzene rings is 2. The second-order valence-electron chi connectivity index (χ2n) is 6.39. The van der Waals surface area contributed by atoms with Crippen molar-refractivity contribution in [3.8, 4) is 5.75 Å². The Bertz CT molecular complexity index is 1050. The monoisotopic (exact) mass is 397 g/mol. The van der Waals surface area contributed by atoms with Crippen LogP contribution in [0.2, 0.25) is 0 Å². The van der Waals surface area contributed by atoms with Gasteiger partial charge in [-0.3, -0.25) is 4.72 Å². The topological polar surface area (TPSA) is 80.3 Å². The number of ether oxygens (including phenoxy) is 1. The highest BCUT2D eigenvalue weighted by Gasteiger charge is 2.14. The predicted molar refractivity (Wildman–Crippen MR) is 112 cm³/mol. The van der Waals surface area contributed by atoms with Crippen molar-refractivity contribution >= 4 is 27.2 Å². The fourth-order valence-electron chi connectivity index (χ4n) is 2.63. The molecule has 146 valence electrons. The predicted octanol–water partition coefficient (Wildman–Crippen LogP) is 4.64.